The molecule has 2 N–H and O–H groups in total. The predicted octanol–water partition coefficient (Wildman–Crippen LogP) is 5.40. The highest BCUT2D eigenvalue weighted by atomic mass is 19.4. The Hall–Kier alpha value is -4.15. The van der Waals surface area contributed by atoms with Gasteiger partial charge < -0.3 is 19.7 Å². The number of carboxylic acids is 1. The number of halogens is 3. The summed E-state index contributed by atoms with van der Waals surface area (Å²) in [5.74, 6) is -0.169. The second kappa shape index (κ2) is 8.71. The van der Waals surface area contributed by atoms with Gasteiger partial charge in [0, 0.05) is 17.2 Å². The van der Waals surface area contributed by atoms with Gasteiger partial charge in [-0.15, -0.1) is 0 Å². The molecule has 1 aliphatic heterocycles. The molecule has 1 aliphatic carbocycles. The lowest BCUT2D eigenvalue weighted by molar-refractivity contribution is -0.137. The largest absolute Gasteiger partial charge is 0.493 e. The standard InChI is InChI=1S/C27H24F3N5O3/c1-13-4-3-5-15(8-13)25-34-23-21-22(32-24(33-23)26(36)37)31-14(2)19-10-17(19)12-38-20-7-6-18(27(28,29)30)9-16(20)11-35(21)25/h3-9,14,17,19H,10-12H2,1-2H3,(H,36,37)(H,31,32,33)/t14-,17?,19?/m1/s1. The highest BCUT2D eigenvalue weighted by Gasteiger charge is 2.42. The maximum Gasteiger partial charge on any atom is 0.416 e. The fourth-order valence-corrected chi connectivity index (χ4v) is 5.18. The highest BCUT2D eigenvalue weighted by Crippen LogP contribution is 2.44. The molecule has 2 aromatic heterocycles. The van der Waals surface area contributed by atoms with E-state index in [0.29, 0.717) is 34.8 Å². The van der Waals surface area contributed by atoms with Gasteiger partial charge in [0.1, 0.15) is 17.1 Å². The van der Waals surface area contributed by atoms with Crippen LogP contribution in [-0.2, 0) is 12.7 Å². The van der Waals surface area contributed by atoms with Crippen molar-refractivity contribution in [1.82, 2.24) is 19.5 Å². The molecule has 3 heterocycles. The number of fused-ring (bicyclic) bond motifs is 2. The molecule has 4 aromatic rings. The number of carbonyl (C=O) groups is 1. The Morgan fingerprint density at radius 2 is 1.97 bits per heavy atom. The summed E-state index contributed by atoms with van der Waals surface area (Å²) in [4.78, 5) is 25.0. The Morgan fingerprint density at radius 3 is 2.71 bits per heavy atom. The zero-order valence-electron chi connectivity index (χ0n) is 20.6. The zero-order valence-corrected chi connectivity index (χ0v) is 20.6. The van der Waals surface area contributed by atoms with E-state index >= 15 is 0 Å². The minimum atomic E-state index is -4.53. The number of rotatable bonds is 2. The summed E-state index contributed by atoms with van der Waals surface area (Å²) in [6.45, 7) is 4.27. The van der Waals surface area contributed by atoms with Crippen molar-refractivity contribution in [1.29, 1.82) is 0 Å². The average molecular weight is 524 g/mol. The third kappa shape index (κ3) is 4.31. The van der Waals surface area contributed by atoms with E-state index in [-0.39, 0.29) is 35.9 Å². The van der Waals surface area contributed by atoms with E-state index < -0.39 is 23.5 Å². The maximum absolute atomic E-state index is 13.7. The molecule has 1 saturated carbocycles. The number of nitrogens with zero attached hydrogens (tertiary/aromatic N) is 4. The van der Waals surface area contributed by atoms with Gasteiger partial charge in [-0.25, -0.2) is 19.7 Å². The number of benzene rings is 2. The van der Waals surface area contributed by atoms with Gasteiger partial charge >= 0.3 is 12.1 Å². The van der Waals surface area contributed by atoms with E-state index in [9.17, 15) is 23.1 Å². The van der Waals surface area contributed by atoms with Gasteiger partial charge in [0.2, 0.25) is 5.82 Å². The number of aryl methyl sites for hydroxylation is 1. The van der Waals surface area contributed by atoms with Gasteiger partial charge in [-0.1, -0.05) is 23.8 Å². The van der Waals surface area contributed by atoms with E-state index in [4.69, 9.17) is 4.74 Å². The van der Waals surface area contributed by atoms with E-state index in [1.165, 1.54) is 6.07 Å². The van der Waals surface area contributed by atoms with Crippen LogP contribution < -0.4 is 10.1 Å². The summed E-state index contributed by atoms with van der Waals surface area (Å²) in [6.07, 6.45) is -3.66. The van der Waals surface area contributed by atoms with Crippen LogP contribution in [-0.4, -0.2) is 43.2 Å². The summed E-state index contributed by atoms with van der Waals surface area (Å²) in [6, 6.07) is 11.0. The first-order valence-electron chi connectivity index (χ1n) is 12.3. The lowest BCUT2D eigenvalue weighted by Gasteiger charge is -2.20. The van der Waals surface area contributed by atoms with Gasteiger partial charge in [-0.05, 0) is 56.4 Å². The normalized spacial score (nSPS) is 20.8. The van der Waals surface area contributed by atoms with Crippen molar-refractivity contribution in [3.8, 4) is 17.1 Å². The molecule has 0 bridgehead atoms. The minimum absolute atomic E-state index is 0.0219. The van der Waals surface area contributed by atoms with Crippen LogP contribution in [0.2, 0.25) is 0 Å². The van der Waals surface area contributed by atoms with Crippen LogP contribution in [0.5, 0.6) is 5.75 Å². The van der Waals surface area contributed by atoms with Crippen molar-refractivity contribution in [2.45, 2.75) is 39.0 Å². The Balaban J connectivity index is 1.63. The van der Waals surface area contributed by atoms with Crippen molar-refractivity contribution >= 4 is 23.0 Å². The van der Waals surface area contributed by atoms with Crippen LogP contribution in [0, 0.1) is 18.8 Å². The molecule has 2 unspecified atom stereocenters. The number of aromatic nitrogens is 4. The van der Waals surface area contributed by atoms with Gasteiger partial charge in [0.15, 0.2) is 11.5 Å². The average Bonchev–Trinajstić information content (AvgIpc) is 3.55. The van der Waals surface area contributed by atoms with Crippen molar-refractivity contribution in [2.75, 3.05) is 11.9 Å². The molecule has 0 spiro atoms. The molecule has 11 heteroatoms. The number of ether oxygens (including phenoxy) is 1. The number of hydrogen-bond acceptors (Lipinski definition) is 6. The van der Waals surface area contributed by atoms with E-state index in [2.05, 4.69) is 20.3 Å². The van der Waals surface area contributed by atoms with Crippen LogP contribution in [0.15, 0.2) is 42.5 Å². The number of imidazole rings is 1. The lowest BCUT2D eigenvalue weighted by atomic mass is 10.1. The summed E-state index contributed by atoms with van der Waals surface area (Å²) < 4.78 is 48.9. The second-order valence-corrected chi connectivity index (χ2v) is 9.99. The van der Waals surface area contributed by atoms with Crippen molar-refractivity contribution in [3.63, 3.8) is 0 Å². The third-order valence-corrected chi connectivity index (χ3v) is 7.22. The number of anilines is 1. The molecule has 38 heavy (non-hydrogen) atoms. The van der Waals surface area contributed by atoms with Crippen molar-refractivity contribution in [2.24, 2.45) is 11.8 Å². The summed E-state index contributed by atoms with van der Waals surface area (Å²) in [5.41, 5.74) is 1.77. The SMILES string of the molecule is Cc1cccc(-c2nc3nc(C(=O)O)nc4c3n2Cc2cc(C(F)(F)F)ccc2OCC2CC2[C@@H](C)N4)c1. The van der Waals surface area contributed by atoms with Gasteiger partial charge in [-0.3, -0.25) is 0 Å². The molecule has 8 nitrogen and oxygen atoms in total. The van der Waals surface area contributed by atoms with Gasteiger partial charge in [-0.2, -0.15) is 13.2 Å². The molecular formula is C27H24F3N5O3. The smallest absolute Gasteiger partial charge is 0.416 e. The second-order valence-electron chi connectivity index (χ2n) is 9.99. The Kier molecular flexibility index (Phi) is 5.55. The fraction of sp³-hybridized carbons (Fsp3) is 0.333. The monoisotopic (exact) mass is 523 g/mol. The number of nitrogens with one attached hydrogen (secondary N) is 1. The summed E-state index contributed by atoms with van der Waals surface area (Å²) in [7, 11) is 0. The maximum atomic E-state index is 13.7. The zero-order chi connectivity index (χ0) is 26.8. The molecule has 1 fully saturated rings. The van der Waals surface area contributed by atoms with Crippen LogP contribution in [0.25, 0.3) is 22.6 Å². The first kappa shape index (κ1) is 24.2. The van der Waals surface area contributed by atoms with Crippen LogP contribution in [0.3, 0.4) is 0 Å². The highest BCUT2D eigenvalue weighted by molar-refractivity contribution is 5.92. The third-order valence-electron chi connectivity index (χ3n) is 7.22. The molecule has 0 radical (unpaired) electrons. The molecule has 196 valence electrons. The molecule has 0 amide bonds. The van der Waals surface area contributed by atoms with E-state index in [1.54, 1.807) is 4.57 Å². The Morgan fingerprint density at radius 1 is 1.16 bits per heavy atom. The number of hydrogen-bond donors (Lipinski definition) is 2. The van der Waals surface area contributed by atoms with Gasteiger partial charge in [0.25, 0.3) is 0 Å². The first-order chi connectivity index (χ1) is 18.1. The Labute approximate surface area is 215 Å². The number of carboxylic acid groups (broad SMARTS) is 1. The molecular weight excluding hydrogens is 499 g/mol. The fourth-order valence-electron chi connectivity index (χ4n) is 5.18. The van der Waals surface area contributed by atoms with Crippen molar-refractivity contribution < 1.29 is 27.8 Å². The lowest BCUT2D eigenvalue weighted by Crippen LogP contribution is -2.23. The molecule has 0 saturated heterocycles. The molecule has 6 rings (SSSR count). The van der Waals surface area contributed by atoms with Gasteiger partial charge in [0.05, 0.1) is 18.7 Å². The quantitative estimate of drug-likeness (QED) is 0.363. The van der Waals surface area contributed by atoms with Crippen LogP contribution >= 0.6 is 0 Å². The minimum Gasteiger partial charge on any atom is -0.493 e. The summed E-state index contributed by atoms with van der Waals surface area (Å²) >= 11 is 0. The molecule has 2 aliphatic rings. The Bertz CT molecular complexity index is 1580. The topological polar surface area (TPSA) is 102 Å². The summed E-state index contributed by atoms with van der Waals surface area (Å²) in [5, 5.41) is 13.0. The first-order valence-corrected chi connectivity index (χ1v) is 12.3. The van der Waals surface area contributed by atoms with Crippen LogP contribution in [0.4, 0.5) is 19.0 Å². The van der Waals surface area contributed by atoms with E-state index in [1.807, 2.05) is 38.1 Å². The van der Waals surface area contributed by atoms with Crippen molar-refractivity contribution in [3.05, 3.63) is 65.0 Å². The van der Waals surface area contributed by atoms with Crippen LogP contribution in [0.1, 0.15) is 40.7 Å². The number of aromatic carboxylic acids is 1. The molecule has 3 atom stereocenters. The number of alkyl halides is 3. The predicted molar refractivity (Wildman–Crippen MR) is 133 cm³/mol. The molecule has 2 aromatic carbocycles. The van der Waals surface area contributed by atoms with E-state index in [0.717, 1.165) is 24.1 Å².